The van der Waals surface area contributed by atoms with E-state index in [0.717, 1.165) is 5.56 Å². The first-order valence-electron chi connectivity index (χ1n) is 5.88. The maximum absolute atomic E-state index is 11.7. The number of hydrogen-bond acceptors (Lipinski definition) is 4. The Bertz CT molecular complexity index is 680. The van der Waals surface area contributed by atoms with Gasteiger partial charge in [0, 0.05) is 22.9 Å². The predicted octanol–water partition coefficient (Wildman–Crippen LogP) is 1.36. The van der Waals surface area contributed by atoms with Crippen molar-refractivity contribution in [1.29, 1.82) is 0 Å². The zero-order chi connectivity index (χ0) is 13.2. The van der Waals surface area contributed by atoms with Crippen molar-refractivity contribution in [3.05, 3.63) is 62.9 Å². The van der Waals surface area contributed by atoms with Gasteiger partial charge in [-0.25, -0.2) is 4.79 Å². The van der Waals surface area contributed by atoms with E-state index in [1.807, 2.05) is 24.3 Å². The van der Waals surface area contributed by atoms with Crippen molar-refractivity contribution in [3.8, 4) is 0 Å². The Morgan fingerprint density at radius 3 is 2.95 bits per heavy atom. The lowest BCUT2D eigenvalue weighted by atomic mass is 10.2. The summed E-state index contributed by atoms with van der Waals surface area (Å²) in [4.78, 5) is 26.2. The molecule has 6 heteroatoms. The van der Waals surface area contributed by atoms with Gasteiger partial charge >= 0.3 is 5.69 Å². The average Bonchev–Trinajstić information content (AvgIpc) is 2.62. The highest BCUT2D eigenvalue weighted by molar-refractivity contribution is 7.99. The molecule has 98 valence electrons. The summed E-state index contributed by atoms with van der Waals surface area (Å²) in [6.07, 6.45) is 1.10. The van der Waals surface area contributed by atoms with Gasteiger partial charge in [-0.1, -0.05) is 18.2 Å². The summed E-state index contributed by atoms with van der Waals surface area (Å²) in [7, 11) is 0. The number of ether oxygens (including phenoxy) is 1. The van der Waals surface area contributed by atoms with Crippen LogP contribution in [0.3, 0.4) is 0 Å². The monoisotopic (exact) mass is 276 g/mol. The maximum atomic E-state index is 11.7. The molecule has 0 radical (unpaired) electrons. The van der Waals surface area contributed by atoms with Gasteiger partial charge in [0.2, 0.25) is 0 Å². The Labute approximate surface area is 113 Å². The van der Waals surface area contributed by atoms with Crippen molar-refractivity contribution in [1.82, 2.24) is 9.55 Å². The number of hydrogen-bond donors (Lipinski definition) is 1. The van der Waals surface area contributed by atoms with Gasteiger partial charge < -0.3 is 4.74 Å². The number of aromatic amines is 1. The van der Waals surface area contributed by atoms with Gasteiger partial charge in [-0.15, -0.1) is 11.8 Å². The van der Waals surface area contributed by atoms with E-state index in [-0.39, 0.29) is 6.23 Å². The van der Waals surface area contributed by atoms with E-state index in [0.29, 0.717) is 12.4 Å². The van der Waals surface area contributed by atoms with Gasteiger partial charge in [0.1, 0.15) is 6.23 Å². The van der Waals surface area contributed by atoms with Crippen molar-refractivity contribution < 1.29 is 4.74 Å². The molecular weight excluding hydrogens is 264 g/mol. The molecule has 0 saturated heterocycles. The third-order valence-electron chi connectivity index (χ3n) is 2.95. The van der Waals surface area contributed by atoms with Crippen LogP contribution in [0.4, 0.5) is 0 Å². The minimum Gasteiger partial charge on any atom is -0.352 e. The molecule has 1 aliphatic rings. The molecule has 1 aromatic carbocycles. The highest BCUT2D eigenvalue weighted by atomic mass is 32.2. The molecule has 0 bridgehead atoms. The van der Waals surface area contributed by atoms with Crippen molar-refractivity contribution in [2.45, 2.75) is 17.7 Å². The summed E-state index contributed by atoms with van der Waals surface area (Å²) in [5.41, 5.74) is 0.280. The van der Waals surface area contributed by atoms with E-state index < -0.39 is 11.2 Å². The normalized spacial score (nSPS) is 18.6. The van der Waals surface area contributed by atoms with Gasteiger partial charge in [-0.05, 0) is 11.6 Å². The molecule has 0 saturated carbocycles. The van der Waals surface area contributed by atoms with Gasteiger partial charge in [0.25, 0.3) is 5.56 Å². The molecule has 1 aliphatic heterocycles. The first-order chi connectivity index (χ1) is 9.24. The quantitative estimate of drug-likeness (QED) is 0.854. The molecule has 1 atom stereocenters. The zero-order valence-electron chi connectivity index (χ0n) is 10.0. The fraction of sp³-hybridized carbons (Fsp3) is 0.231. The number of thioether (sulfide) groups is 1. The first-order valence-corrected chi connectivity index (χ1v) is 6.86. The zero-order valence-corrected chi connectivity index (χ0v) is 10.9. The van der Waals surface area contributed by atoms with E-state index in [9.17, 15) is 9.59 Å². The summed E-state index contributed by atoms with van der Waals surface area (Å²) in [6.45, 7) is 0.458. The van der Waals surface area contributed by atoms with Crippen LogP contribution < -0.4 is 11.2 Å². The second kappa shape index (κ2) is 5.07. The third kappa shape index (κ3) is 2.50. The molecule has 5 nitrogen and oxygen atoms in total. The van der Waals surface area contributed by atoms with E-state index in [1.165, 1.54) is 21.7 Å². The topological polar surface area (TPSA) is 64.1 Å². The number of nitrogens with zero attached hydrogens (tertiary/aromatic N) is 1. The molecule has 0 spiro atoms. The van der Waals surface area contributed by atoms with Gasteiger partial charge in [-0.2, -0.15) is 0 Å². The average molecular weight is 276 g/mol. The maximum Gasteiger partial charge on any atom is 0.330 e. The molecule has 19 heavy (non-hydrogen) atoms. The molecule has 2 aromatic rings. The molecule has 0 fully saturated rings. The van der Waals surface area contributed by atoms with Crippen molar-refractivity contribution >= 4 is 11.8 Å². The Morgan fingerprint density at radius 1 is 1.26 bits per heavy atom. The van der Waals surface area contributed by atoms with E-state index >= 15 is 0 Å². The van der Waals surface area contributed by atoms with Crippen LogP contribution in [0, 0.1) is 0 Å². The Balaban J connectivity index is 1.89. The summed E-state index contributed by atoms with van der Waals surface area (Å²) in [6, 6.07) is 9.34. The van der Waals surface area contributed by atoms with Gasteiger partial charge in [-0.3, -0.25) is 14.3 Å². The molecule has 0 aliphatic carbocycles. The number of aromatic nitrogens is 2. The SMILES string of the molecule is O=c1ccn(C2CSc3ccccc3CO2)c(=O)[nH]1. The van der Waals surface area contributed by atoms with Crippen molar-refractivity contribution in [3.63, 3.8) is 0 Å². The van der Waals surface area contributed by atoms with Gasteiger partial charge in [0.05, 0.1) is 6.61 Å². The highest BCUT2D eigenvalue weighted by Gasteiger charge is 2.19. The summed E-state index contributed by atoms with van der Waals surface area (Å²) >= 11 is 1.65. The Hall–Kier alpha value is -1.79. The minimum atomic E-state index is -0.441. The van der Waals surface area contributed by atoms with Crippen LogP contribution in [-0.2, 0) is 11.3 Å². The Morgan fingerprint density at radius 2 is 2.11 bits per heavy atom. The number of H-pyrrole nitrogens is 1. The third-order valence-corrected chi connectivity index (χ3v) is 4.11. The van der Waals surface area contributed by atoms with Crippen LogP contribution in [0.2, 0.25) is 0 Å². The molecule has 2 heterocycles. The second-order valence-electron chi connectivity index (χ2n) is 4.20. The number of rotatable bonds is 1. The van der Waals surface area contributed by atoms with E-state index in [2.05, 4.69) is 4.98 Å². The summed E-state index contributed by atoms with van der Waals surface area (Å²) in [5, 5.41) is 0. The van der Waals surface area contributed by atoms with Crippen molar-refractivity contribution in [2.24, 2.45) is 0 Å². The van der Waals surface area contributed by atoms with Crippen molar-refractivity contribution in [2.75, 3.05) is 5.75 Å². The fourth-order valence-corrected chi connectivity index (χ4v) is 3.04. The lowest BCUT2D eigenvalue weighted by Gasteiger charge is -2.16. The van der Waals surface area contributed by atoms with Crippen LogP contribution in [0.15, 0.2) is 51.0 Å². The summed E-state index contributed by atoms with van der Waals surface area (Å²) < 4.78 is 7.17. The van der Waals surface area contributed by atoms with Crippen LogP contribution in [0.1, 0.15) is 11.8 Å². The largest absolute Gasteiger partial charge is 0.352 e. The number of fused-ring (bicyclic) bond motifs is 1. The van der Waals surface area contributed by atoms with Crippen LogP contribution in [0.25, 0.3) is 0 Å². The number of benzene rings is 1. The predicted molar refractivity (Wildman–Crippen MR) is 72.3 cm³/mol. The van der Waals surface area contributed by atoms with Crippen LogP contribution in [0.5, 0.6) is 0 Å². The highest BCUT2D eigenvalue weighted by Crippen LogP contribution is 2.31. The fourth-order valence-electron chi connectivity index (χ4n) is 1.97. The molecule has 0 amide bonds. The lowest BCUT2D eigenvalue weighted by Crippen LogP contribution is -2.33. The standard InChI is InChI=1S/C13H12N2O3S/c16-11-5-6-15(13(17)14-11)12-8-19-10-4-2-1-3-9(10)7-18-12/h1-6,12H,7-8H2,(H,14,16,17). The molecule has 1 N–H and O–H groups in total. The van der Waals surface area contributed by atoms with Crippen LogP contribution >= 0.6 is 11.8 Å². The number of nitrogens with one attached hydrogen (secondary N) is 1. The lowest BCUT2D eigenvalue weighted by molar-refractivity contribution is 0.00522. The van der Waals surface area contributed by atoms with Crippen LogP contribution in [-0.4, -0.2) is 15.3 Å². The minimum absolute atomic E-state index is 0.373. The second-order valence-corrected chi connectivity index (χ2v) is 5.26. The molecular formula is C13H12N2O3S. The van der Waals surface area contributed by atoms with E-state index in [4.69, 9.17) is 4.74 Å². The molecule has 1 aromatic heterocycles. The first kappa shape index (κ1) is 12.3. The molecule has 1 unspecified atom stereocenters. The summed E-state index contributed by atoms with van der Waals surface area (Å²) in [5.74, 6) is 0.628. The molecule has 3 rings (SSSR count). The smallest absolute Gasteiger partial charge is 0.330 e. The van der Waals surface area contributed by atoms with Gasteiger partial charge in [0.15, 0.2) is 0 Å². The van der Waals surface area contributed by atoms with E-state index in [1.54, 1.807) is 11.8 Å². The Kier molecular flexibility index (Phi) is 3.27.